The molecule has 0 bridgehead atoms. The van der Waals surface area contributed by atoms with E-state index in [-0.39, 0.29) is 18.5 Å². The van der Waals surface area contributed by atoms with Crippen LogP contribution in [0.3, 0.4) is 0 Å². The standard InChI is InChI=1S/C12H13N5O3/c13-17-16-4-3-10(18)11(19)7-1-2-9-8(5-7)12(20)15-6-14-9/h1-2,5-6,10-11,18-19H,3-4H2,(H,14,15,20). The van der Waals surface area contributed by atoms with Crippen molar-refractivity contribution in [3.05, 3.63) is 50.9 Å². The van der Waals surface area contributed by atoms with Crippen molar-refractivity contribution in [3.63, 3.8) is 0 Å². The summed E-state index contributed by atoms with van der Waals surface area (Å²) in [5.41, 5.74) is 8.75. The number of fused-ring (bicyclic) bond motifs is 1. The van der Waals surface area contributed by atoms with Crippen LogP contribution in [0.2, 0.25) is 0 Å². The van der Waals surface area contributed by atoms with Gasteiger partial charge in [0.05, 0.1) is 23.3 Å². The predicted octanol–water partition coefficient (Wildman–Crippen LogP) is 1.02. The Morgan fingerprint density at radius 3 is 3.00 bits per heavy atom. The highest BCUT2D eigenvalue weighted by Gasteiger charge is 2.18. The lowest BCUT2D eigenvalue weighted by molar-refractivity contribution is 0.0151. The number of hydrogen-bond acceptors (Lipinski definition) is 5. The normalized spacial score (nSPS) is 13.7. The second kappa shape index (κ2) is 6.16. The molecule has 0 amide bonds. The van der Waals surface area contributed by atoms with Gasteiger partial charge in [0.1, 0.15) is 6.10 Å². The molecule has 8 nitrogen and oxygen atoms in total. The number of azide groups is 1. The molecule has 2 aromatic rings. The van der Waals surface area contributed by atoms with Gasteiger partial charge >= 0.3 is 0 Å². The number of hydrogen-bond donors (Lipinski definition) is 3. The molecule has 104 valence electrons. The van der Waals surface area contributed by atoms with E-state index in [1.807, 2.05) is 0 Å². The molecular formula is C12H13N5O3. The summed E-state index contributed by atoms with van der Waals surface area (Å²) in [5.74, 6) is 0. The summed E-state index contributed by atoms with van der Waals surface area (Å²) in [7, 11) is 0. The van der Waals surface area contributed by atoms with Gasteiger partial charge in [0.15, 0.2) is 0 Å². The lowest BCUT2D eigenvalue weighted by Crippen LogP contribution is -2.19. The van der Waals surface area contributed by atoms with Crippen LogP contribution < -0.4 is 5.56 Å². The Balaban J connectivity index is 2.26. The summed E-state index contributed by atoms with van der Waals surface area (Å²) in [5, 5.41) is 23.5. The third kappa shape index (κ3) is 2.94. The van der Waals surface area contributed by atoms with Crippen LogP contribution in [0.1, 0.15) is 18.1 Å². The van der Waals surface area contributed by atoms with E-state index in [9.17, 15) is 15.0 Å². The molecule has 0 saturated carbocycles. The zero-order valence-corrected chi connectivity index (χ0v) is 10.5. The van der Waals surface area contributed by atoms with Crippen LogP contribution in [0.5, 0.6) is 0 Å². The van der Waals surface area contributed by atoms with E-state index >= 15 is 0 Å². The molecule has 0 saturated heterocycles. The van der Waals surface area contributed by atoms with Gasteiger partial charge in [0, 0.05) is 11.5 Å². The van der Waals surface area contributed by atoms with Crippen LogP contribution in [0, 0.1) is 0 Å². The monoisotopic (exact) mass is 275 g/mol. The van der Waals surface area contributed by atoms with Crippen molar-refractivity contribution in [1.29, 1.82) is 0 Å². The molecule has 0 spiro atoms. The Labute approximate surface area is 113 Å². The summed E-state index contributed by atoms with van der Waals surface area (Å²) in [6.45, 7) is 0.0877. The first-order valence-electron chi connectivity index (χ1n) is 5.98. The van der Waals surface area contributed by atoms with Crippen molar-refractivity contribution >= 4 is 10.9 Å². The maximum Gasteiger partial charge on any atom is 0.258 e. The molecule has 3 N–H and O–H groups in total. The van der Waals surface area contributed by atoms with Gasteiger partial charge in [-0.1, -0.05) is 11.2 Å². The zero-order chi connectivity index (χ0) is 14.5. The van der Waals surface area contributed by atoms with E-state index < -0.39 is 12.2 Å². The highest BCUT2D eigenvalue weighted by atomic mass is 16.3. The number of nitrogens with one attached hydrogen (secondary N) is 1. The van der Waals surface area contributed by atoms with Gasteiger partial charge < -0.3 is 15.2 Å². The fourth-order valence-corrected chi connectivity index (χ4v) is 1.89. The van der Waals surface area contributed by atoms with Crippen LogP contribution in [0.15, 0.2) is 34.4 Å². The van der Waals surface area contributed by atoms with Gasteiger partial charge in [-0.2, -0.15) is 0 Å². The fourth-order valence-electron chi connectivity index (χ4n) is 1.89. The smallest absolute Gasteiger partial charge is 0.258 e. The summed E-state index contributed by atoms with van der Waals surface area (Å²) in [4.78, 5) is 20.6. The van der Waals surface area contributed by atoms with Gasteiger partial charge in [0.25, 0.3) is 5.56 Å². The van der Waals surface area contributed by atoms with Crippen molar-refractivity contribution in [2.45, 2.75) is 18.6 Å². The van der Waals surface area contributed by atoms with E-state index in [1.54, 1.807) is 12.1 Å². The summed E-state index contributed by atoms with van der Waals surface area (Å²) < 4.78 is 0. The minimum atomic E-state index is -1.16. The number of aromatic amines is 1. The van der Waals surface area contributed by atoms with E-state index in [0.29, 0.717) is 16.5 Å². The average Bonchev–Trinajstić information content (AvgIpc) is 2.47. The lowest BCUT2D eigenvalue weighted by Gasteiger charge is -2.17. The molecule has 0 fully saturated rings. The number of rotatable bonds is 5. The first kappa shape index (κ1) is 14.0. The predicted molar refractivity (Wildman–Crippen MR) is 72.0 cm³/mol. The van der Waals surface area contributed by atoms with Crippen molar-refractivity contribution in [2.24, 2.45) is 5.11 Å². The first-order valence-corrected chi connectivity index (χ1v) is 5.98. The summed E-state index contributed by atoms with van der Waals surface area (Å²) >= 11 is 0. The highest BCUT2D eigenvalue weighted by molar-refractivity contribution is 5.77. The van der Waals surface area contributed by atoms with E-state index in [1.165, 1.54) is 12.4 Å². The highest BCUT2D eigenvalue weighted by Crippen LogP contribution is 2.21. The summed E-state index contributed by atoms with van der Waals surface area (Å²) in [6, 6.07) is 4.68. The molecule has 0 aliphatic heterocycles. The summed E-state index contributed by atoms with van der Waals surface area (Å²) in [6.07, 6.45) is -0.802. The van der Waals surface area contributed by atoms with Crippen LogP contribution in [0.25, 0.3) is 21.3 Å². The number of aliphatic hydroxyl groups is 2. The Hall–Kier alpha value is -2.41. The first-order chi connectivity index (χ1) is 9.63. The molecule has 8 heteroatoms. The SMILES string of the molecule is [N-]=[N+]=NCCC(O)C(O)c1ccc2nc[nH]c(=O)c2c1. The maximum atomic E-state index is 11.6. The van der Waals surface area contributed by atoms with Crippen molar-refractivity contribution in [3.8, 4) is 0 Å². The molecule has 0 radical (unpaired) electrons. The Morgan fingerprint density at radius 1 is 1.45 bits per heavy atom. The van der Waals surface area contributed by atoms with Crippen molar-refractivity contribution in [2.75, 3.05) is 6.54 Å². The third-order valence-corrected chi connectivity index (χ3v) is 2.96. The number of nitrogens with zero attached hydrogens (tertiary/aromatic N) is 4. The third-order valence-electron chi connectivity index (χ3n) is 2.96. The van der Waals surface area contributed by atoms with E-state index in [4.69, 9.17) is 5.53 Å². The van der Waals surface area contributed by atoms with Gasteiger partial charge in [-0.15, -0.1) is 0 Å². The zero-order valence-electron chi connectivity index (χ0n) is 10.5. The average molecular weight is 275 g/mol. The van der Waals surface area contributed by atoms with E-state index in [2.05, 4.69) is 20.0 Å². The Kier molecular flexibility index (Phi) is 4.31. The number of benzene rings is 1. The Bertz CT molecular complexity index is 708. The second-order valence-corrected chi connectivity index (χ2v) is 4.26. The van der Waals surface area contributed by atoms with Gasteiger partial charge in [0.2, 0.25) is 0 Å². The molecule has 0 aliphatic rings. The minimum Gasteiger partial charge on any atom is -0.390 e. The topological polar surface area (TPSA) is 135 Å². The van der Waals surface area contributed by atoms with Gasteiger partial charge in [-0.3, -0.25) is 4.79 Å². The molecular weight excluding hydrogens is 262 g/mol. The molecule has 0 aliphatic carbocycles. The molecule has 2 unspecified atom stereocenters. The van der Waals surface area contributed by atoms with Gasteiger partial charge in [-0.25, -0.2) is 4.98 Å². The molecule has 2 rings (SSSR count). The van der Waals surface area contributed by atoms with Crippen molar-refractivity contribution < 1.29 is 10.2 Å². The van der Waals surface area contributed by atoms with Crippen LogP contribution in [-0.2, 0) is 0 Å². The van der Waals surface area contributed by atoms with Crippen molar-refractivity contribution in [1.82, 2.24) is 9.97 Å². The molecule has 1 aromatic heterocycles. The number of aromatic nitrogens is 2. The van der Waals surface area contributed by atoms with Crippen LogP contribution in [-0.4, -0.2) is 32.8 Å². The van der Waals surface area contributed by atoms with Crippen LogP contribution in [0.4, 0.5) is 0 Å². The lowest BCUT2D eigenvalue weighted by atomic mass is 10.0. The molecule has 2 atom stereocenters. The number of H-pyrrole nitrogens is 1. The molecule has 20 heavy (non-hydrogen) atoms. The van der Waals surface area contributed by atoms with Crippen LogP contribution >= 0.6 is 0 Å². The minimum absolute atomic E-state index is 0.0877. The quantitative estimate of drug-likeness (QED) is 0.426. The molecule has 1 aromatic carbocycles. The largest absolute Gasteiger partial charge is 0.390 e. The fraction of sp³-hybridized carbons (Fsp3) is 0.333. The molecule has 1 heterocycles. The number of aliphatic hydroxyl groups excluding tert-OH is 2. The maximum absolute atomic E-state index is 11.6. The Morgan fingerprint density at radius 2 is 2.25 bits per heavy atom. The van der Waals surface area contributed by atoms with E-state index in [0.717, 1.165) is 0 Å². The van der Waals surface area contributed by atoms with Gasteiger partial charge in [-0.05, 0) is 29.6 Å². The second-order valence-electron chi connectivity index (χ2n) is 4.26.